The molecule has 0 aliphatic carbocycles. The number of carbonyl (C=O) groups is 2. The van der Waals surface area contributed by atoms with Crippen LogP contribution in [0.2, 0.25) is 0 Å². The fraction of sp³-hybridized carbons (Fsp3) is 0.158. The third kappa shape index (κ3) is 4.84. The SMILES string of the molecule is CC(=O)c1cccc(NC(=O)CSc2nnc(-c3ccc(Br)cc3)n2C)c1. The fourth-order valence-corrected chi connectivity index (χ4v) is 3.41. The first-order valence-electron chi connectivity index (χ1n) is 8.13. The molecule has 0 unspecified atom stereocenters. The van der Waals surface area contributed by atoms with Crippen LogP contribution in [0.15, 0.2) is 58.2 Å². The molecule has 0 bridgehead atoms. The Morgan fingerprint density at radius 3 is 2.59 bits per heavy atom. The quantitative estimate of drug-likeness (QED) is 0.455. The van der Waals surface area contributed by atoms with Gasteiger partial charge in [-0.15, -0.1) is 10.2 Å². The Balaban J connectivity index is 1.63. The van der Waals surface area contributed by atoms with Gasteiger partial charge in [-0.25, -0.2) is 0 Å². The zero-order valence-corrected chi connectivity index (χ0v) is 17.2. The van der Waals surface area contributed by atoms with Crippen LogP contribution in [0, 0.1) is 0 Å². The zero-order valence-electron chi connectivity index (χ0n) is 14.8. The molecule has 0 fully saturated rings. The predicted octanol–water partition coefficient (Wildman–Crippen LogP) is 4.18. The van der Waals surface area contributed by atoms with Crippen LogP contribution in [0.4, 0.5) is 5.69 Å². The second-order valence-corrected chi connectivity index (χ2v) is 7.70. The van der Waals surface area contributed by atoms with Crippen molar-refractivity contribution in [1.82, 2.24) is 14.8 Å². The van der Waals surface area contributed by atoms with E-state index in [-0.39, 0.29) is 17.4 Å². The van der Waals surface area contributed by atoms with E-state index in [0.717, 1.165) is 15.9 Å². The minimum Gasteiger partial charge on any atom is -0.325 e. The number of Topliss-reactive ketones (excluding diaryl/α,β-unsaturated/α-hetero) is 1. The van der Waals surface area contributed by atoms with E-state index >= 15 is 0 Å². The predicted molar refractivity (Wildman–Crippen MR) is 110 cm³/mol. The van der Waals surface area contributed by atoms with E-state index in [4.69, 9.17) is 0 Å². The van der Waals surface area contributed by atoms with E-state index in [1.807, 2.05) is 35.9 Å². The Hall–Kier alpha value is -2.45. The van der Waals surface area contributed by atoms with Crippen LogP contribution >= 0.6 is 27.7 Å². The summed E-state index contributed by atoms with van der Waals surface area (Å²) in [5.74, 6) is 0.713. The number of aromatic nitrogens is 3. The minimum absolute atomic E-state index is 0.0416. The van der Waals surface area contributed by atoms with Crippen molar-refractivity contribution in [3.05, 3.63) is 58.6 Å². The summed E-state index contributed by atoms with van der Waals surface area (Å²) in [6, 6.07) is 14.7. The lowest BCUT2D eigenvalue weighted by atomic mass is 10.1. The van der Waals surface area contributed by atoms with Gasteiger partial charge < -0.3 is 9.88 Å². The van der Waals surface area contributed by atoms with Gasteiger partial charge in [0.1, 0.15) is 0 Å². The lowest BCUT2D eigenvalue weighted by molar-refractivity contribution is -0.113. The van der Waals surface area contributed by atoms with Crippen LogP contribution in [-0.2, 0) is 11.8 Å². The van der Waals surface area contributed by atoms with E-state index in [1.165, 1.54) is 18.7 Å². The van der Waals surface area contributed by atoms with Crippen LogP contribution in [0.3, 0.4) is 0 Å². The van der Waals surface area contributed by atoms with Crippen molar-refractivity contribution >= 4 is 45.1 Å². The van der Waals surface area contributed by atoms with Gasteiger partial charge in [-0.3, -0.25) is 9.59 Å². The van der Waals surface area contributed by atoms with E-state index < -0.39 is 0 Å². The lowest BCUT2D eigenvalue weighted by Crippen LogP contribution is -2.14. The number of halogens is 1. The molecule has 8 heteroatoms. The summed E-state index contributed by atoms with van der Waals surface area (Å²) < 4.78 is 2.85. The lowest BCUT2D eigenvalue weighted by Gasteiger charge is -2.07. The number of thioether (sulfide) groups is 1. The molecule has 138 valence electrons. The van der Waals surface area contributed by atoms with Gasteiger partial charge in [-0.2, -0.15) is 0 Å². The largest absolute Gasteiger partial charge is 0.325 e. The smallest absolute Gasteiger partial charge is 0.234 e. The van der Waals surface area contributed by atoms with Crippen LogP contribution in [0.1, 0.15) is 17.3 Å². The number of rotatable bonds is 6. The molecule has 3 rings (SSSR count). The summed E-state index contributed by atoms with van der Waals surface area (Å²) in [5, 5.41) is 11.8. The number of amides is 1. The highest BCUT2D eigenvalue weighted by atomic mass is 79.9. The maximum absolute atomic E-state index is 12.2. The zero-order chi connectivity index (χ0) is 19.4. The van der Waals surface area contributed by atoms with Gasteiger partial charge >= 0.3 is 0 Å². The molecule has 1 aromatic heterocycles. The summed E-state index contributed by atoms with van der Waals surface area (Å²) in [7, 11) is 1.87. The molecule has 2 aromatic carbocycles. The molecular weight excluding hydrogens is 428 g/mol. The summed E-state index contributed by atoms with van der Waals surface area (Å²) in [6.07, 6.45) is 0. The number of hydrogen-bond donors (Lipinski definition) is 1. The summed E-state index contributed by atoms with van der Waals surface area (Å²) in [5.41, 5.74) is 2.11. The van der Waals surface area contributed by atoms with E-state index in [9.17, 15) is 9.59 Å². The highest BCUT2D eigenvalue weighted by molar-refractivity contribution is 9.10. The topological polar surface area (TPSA) is 76.9 Å². The summed E-state index contributed by atoms with van der Waals surface area (Å²) >= 11 is 4.72. The van der Waals surface area contributed by atoms with Crippen molar-refractivity contribution in [3.63, 3.8) is 0 Å². The molecule has 3 aromatic rings. The van der Waals surface area contributed by atoms with Crippen molar-refractivity contribution in [2.45, 2.75) is 12.1 Å². The number of hydrogen-bond acceptors (Lipinski definition) is 5. The molecule has 0 atom stereocenters. The number of anilines is 1. The third-order valence-electron chi connectivity index (χ3n) is 3.82. The van der Waals surface area contributed by atoms with E-state index in [0.29, 0.717) is 16.4 Å². The second kappa shape index (κ2) is 8.49. The summed E-state index contributed by atoms with van der Waals surface area (Å²) in [4.78, 5) is 23.6. The molecule has 0 aliphatic rings. The van der Waals surface area contributed by atoms with Crippen LogP contribution < -0.4 is 5.32 Å². The van der Waals surface area contributed by atoms with Crippen LogP contribution in [-0.4, -0.2) is 32.2 Å². The molecule has 1 heterocycles. The number of carbonyl (C=O) groups excluding carboxylic acids is 2. The Labute approximate surface area is 169 Å². The number of nitrogens with one attached hydrogen (secondary N) is 1. The highest BCUT2D eigenvalue weighted by Crippen LogP contribution is 2.24. The first kappa shape index (κ1) is 19.3. The molecular formula is C19H17BrN4O2S. The first-order valence-corrected chi connectivity index (χ1v) is 9.91. The minimum atomic E-state index is -0.172. The maximum atomic E-state index is 12.2. The molecule has 0 saturated carbocycles. The van der Waals surface area contributed by atoms with Crippen LogP contribution in [0.25, 0.3) is 11.4 Å². The highest BCUT2D eigenvalue weighted by Gasteiger charge is 2.13. The van der Waals surface area contributed by atoms with Crippen molar-refractivity contribution in [3.8, 4) is 11.4 Å². The van der Waals surface area contributed by atoms with Gasteiger partial charge in [-0.05, 0) is 31.2 Å². The Bertz CT molecular complexity index is 986. The van der Waals surface area contributed by atoms with E-state index in [1.54, 1.807) is 24.3 Å². The van der Waals surface area contributed by atoms with E-state index in [2.05, 4.69) is 31.4 Å². The van der Waals surface area contributed by atoms with Crippen molar-refractivity contribution < 1.29 is 9.59 Å². The molecule has 0 spiro atoms. The van der Waals surface area contributed by atoms with Gasteiger partial charge in [0.05, 0.1) is 5.75 Å². The number of nitrogens with zero attached hydrogens (tertiary/aromatic N) is 3. The third-order valence-corrected chi connectivity index (χ3v) is 5.37. The van der Waals surface area contributed by atoms with Crippen molar-refractivity contribution in [2.75, 3.05) is 11.1 Å². The normalized spacial score (nSPS) is 10.6. The van der Waals surface area contributed by atoms with Gasteiger partial charge in [0, 0.05) is 28.3 Å². The second-order valence-electron chi connectivity index (χ2n) is 5.85. The number of ketones is 1. The Morgan fingerprint density at radius 2 is 1.89 bits per heavy atom. The van der Waals surface area contributed by atoms with Gasteiger partial charge in [0.2, 0.25) is 5.91 Å². The van der Waals surface area contributed by atoms with Gasteiger partial charge in [0.25, 0.3) is 0 Å². The molecule has 0 saturated heterocycles. The standard InChI is InChI=1S/C19H17BrN4O2S/c1-12(25)14-4-3-5-16(10-14)21-17(26)11-27-19-23-22-18(24(19)2)13-6-8-15(20)9-7-13/h3-10H,11H2,1-2H3,(H,21,26). The molecule has 0 aliphatic heterocycles. The average Bonchev–Trinajstić information content (AvgIpc) is 3.01. The Kier molecular flexibility index (Phi) is 6.08. The van der Waals surface area contributed by atoms with Crippen molar-refractivity contribution in [2.24, 2.45) is 7.05 Å². The summed E-state index contributed by atoms with van der Waals surface area (Å²) in [6.45, 7) is 1.49. The average molecular weight is 445 g/mol. The molecule has 1 N–H and O–H groups in total. The van der Waals surface area contributed by atoms with Gasteiger partial charge in [0.15, 0.2) is 16.8 Å². The number of benzene rings is 2. The molecule has 27 heavy (non-hydrogen) atoms. The molecule has 0 radical (unpaired) electrons. The molecule has 1 amide bonds. The monoisotopic (exact) mass is 444 g/mol. The first-order chi connectivity index (χ1) is 12.9. The fourth-order valence-electron chi connectivity index (χ4n) is 2.43. The van der Waals surface area contributed by atoms with Gasteiger partial charge in [-0.1, -0.05) is 52.0 Å². The Morgan fingerprint density at radius 1 is 1.15 bits per heavy atom. The van der Waals surface area contributed by atoms with Crippen molar-refractivity contribution in [1.29, 1.82) is 0 Å². The maximum Gasteiger partial charge on any atom is 0.234 e. The van der Waals surface area contributed by atoms with Crippen LogP contribution in [0.5, 0.6) is 0 Å². The molecule has 6 nitrogen and oxygen atoms in total.